The summed E-state index contributed by atoms with van der Waals surface area (Å²) in [6, 6.07) is 11.0. The molecule has 10 heteroatoms. The predicted molar refractivity (Wildman–Crippen MR) is 134 cm³/mol. The lowest BCUT2D eigenvalue weighted by atomic mass is 9.87. The van der Waals surface area contributed by atoms with Crippen LogP contribution in [-0.4, -0.2) is 49.4 Å². The average molecular weight is 509 g/mol. The molecule has 0 saturated carbocycles. The van der Waals surface area contributed by atoms with Gasteiger partial charge in [-0.15, -0.1) is 0 Å². The molecule has 2 aromatic carbocycles. The fraction of sp³-hybridized carbons (Fsp3) is 0.296. The van der Waals surface area contributed by atoms with Crippen LogP contribution in [0.5, 0.6) is 23.0 Å². The van der Waals surface area contributed by atoms with E-state index in [1.54, 1.807) is 18.2 Å². The van der Waals surface area contributed by atoms with Gasteiger partial charge in [-0.25, -0.2) is 4.79 Å². The maximum Gasteiger partial charge on any atom is 0.343 e. The van der Waals surface area contributed by atoms with Crippen molar-refractivity contribution in [1.82, 2.24) is 4.98 Å². The van der Waals surface area contributed by atoms with Crippen molar-refractivity contribution >= 4 is 11.9 Å². The minimum atomic E-state index is -0.956. The van der Waals surface area contributed by atoms with Crippen molar-refractivity contribution in [2.75, 3.05) is 27.4 Å². The molecule has 37 heavy (non-hydrogen) atoms. The number of fused-ring (bicyclic) bond motifs is 1. The first-order valence-corrected chi connectivity index (χ1v) is 11.7. The molecular formula is C27H28N2O8. The Morgan fingerprint density at radius 2 is 1.97 bits per heavy atom. The number of esters is 1. The standard InChI is InChI=1S/C27H28N2O8/c1-34-22-12-16(4-6-21(22)37-9-7-15-3-5-20-17(11-15)8-10-36-20)18(13-23(28)30)24-25(31)19(27(33)35-2)14-29-26(24)32/h3-6,11-12,14,18H,7-10,13H2,1-2H3,(H2,28,30)(H2,29,31,32). The highest BCUT2D eigenvalue weighted by atomic mass is 16.5. The average Bonchev–Trinajstić information content (AvgIpc) is 3.35. The molecule has 4 rings (SSSR count). The Balaban J connectivity index is 1.59. The Hall–Kier alpha value is -4.47. The molecule has 1 aliphatic rings. The quantitative estimate of drug-likeness (QED) is 0.354. The number of nitrogens with one attached hydrogen (secondary N) is 1. The van der Waals surface area contributed by atoms with E-state index in [4.69, 9.17) is 19.9 Å². The van der Waals surface area contributed by atoms with Crippen molar-refractivity contribution in [3.8, 4) is 23.0 Å². The number of carbonyl (C=O) groups excluding carboxylic acids is 2. The van der Waals surface area contributed by atoms with Gasteiger partial charge in [-0.2, -0.15) is 0 Å². The largest absolute Gasteiger partial charge is 0.506 e. The summed E-state index contributed by atoms with van der Waals surface area (Å²) in [7, 11) is 2.62. The van der Waals surface area contributed by atoms with Crippen LogP contribution in [0.2, 0.25) is 0 Å². The smallest absolute Gasteiger partial charge is 0.343 e. The van der Waals surface area contributed by atoms with Crippen LogP contribution in [0.4, 0.5) is 0 Å². The monoisotopic (exact) mass is 508 g/mol. The van der Waals surface area contributed by atoms with Gasteiger partial charge in [0.25, 0.3) is 5.56 Å². The van der Waals surface area contributed by atoms with Crippen LogP contribution < -0.4 is 25.5 Å². The van der Waals surface area contributed by atoms with Crippen LogP contribution in [0.15, 0.2) is 47.4 Å². The first-order valence-electron chi connectivity index (χ1n) is 11.7. The fourth-order valence-electron chi connectivity index (χ4n) is 4.41. The van der Waals surface area contributed by atoms with E-state index >= 15 is 0 Å². The SMILES string of the molecule is COC(=O)c1c[nH]c(=O)c(C(CC(N)=O)c2ccc(OCCc3ccc4c(c3)CCO4)c(OC)c2)c1O. The van der Waals surface area contributed by atoms with Crippen LogP contribution >= 0.6 is 0 Å². The number of rotatable bonds is 10. The van der Waals surface area contributed by atoms with Crippen LogP contribution in [0.25, 0.3) is 0 Å². The van der Waals surface area contributed by atoms with Gasteiger partial charge < -0.3 is 34.8 Å². The van der Waals surface area contributed by atoms with Crippen LogP contribution in [-0.2, 0) is 22.4 Å². The van der Waals surface area contributed by atoms with E-state index in [0.29, 0.717) is 36.7 Å². The van der Waals surface area contributed by atoms with E-state index in [1.165, 1.54) is 12.7 Å². The van der Waals surface area contributed by atoms with E-state index in [-0.39, 0.29) is 17.5 Å². The molecule has 1 unspecified atom stereocenters. The molecule has 1 atom stereocenters. The van der Waals surface area contributed by atoms with Crippen LogP contribution in [0, 0.1) is 0 Å². The second-order valence-corrected chi connectivity index (χ2v) is 8.56. The van der Waals surface area contributed by atoms with E-state index in [0.717, 1.165) is 31.0 Å². The third kappa shape index (κ3) is 5.53. The van der Waals surface area contributed by atoms with Gasteiger partial charge >= 0.3 is 5.97 Å². The number of carbonyl (C=O) groups is 2. The van der Waals surface area contributed by atoms with Gasteiger partial charge in [0.05, 0.1) is 33.0 Å². The number of hydrogen-bond acceptors (Lipinski definition) is 8. The Morgan fingerprint density at radius 3 is 2.70 bits per heavy atom. The molecule has 1 aliphatic heterocycles. The van der Waals surface area contributed by atoms with Crippen molar-refractivity contribution < 1.29 is 33.6 Å². The molecule has 4 N–H and O–H groups in total. The van der Waals surface area contributed by atoms with Gasteiger partial charge in [0, 0.05) is 31.4 Å². The lowest BCUT2D eigenvalue weighted by Gasteiger charge is -2.20. The number of aromatic hydroxyl groups is 1. The molecular weight excluding hydrogens is 480 g/mol. The summed E-state index contributed by atoms with van der Waals surface area (Å²) < 4.78 is 21.7. The van der Waals surface area contributed by atoms with Gasteiger partial charge in [-0.3, -0.25) is 9.59 Å². The molecule has 3 aromatic rings. The number of hydrogen-bond donors (Lipinski definition) is 3. The zero-order valence-corrected chi connectivity index (χ0v) is 20.5. The maximum absolute atomic E-state index is 12.7. The zero-order valence-electron chi connectivity index (χ0n) is 20.5. The molecule has 1 amide bonds. The van der Waals surface area contributed by atoms with Crippen LogP contribution in [0.3, 0.4) is 0 Å². The van der Waals surface area contributed by atoms with E-state index in [9.17, 15) is 19.5 Å². The number of amides is 1. The van der Waals surface area contributed by atoms with Crippen molar-refractivity contribution in [2.24, 2.45) is 5.73 Å². The summed E-state index contributed by atoms with van der Waals surface area (Å²) in [5, 5.41) is 10.7. The van der Waals surface area contributed by atoms with Gasteiger partial charge in [0.15, 0.2) is 11.5 Å². The van der Waals surface area contributed by atoms with E-state index in [1.807, 2.05) is 12.1 Å². The highest BCUT2D eigenvalue weighted by Crippen LogP contribution is 2.37. The Morgan fingerprint density at radius 1 is 1.16 bits per heavy atom. The third-order valence-electron chi connectivity index (χ3n) is 6.25. The second kappa shape index (κ2) is 11.1. The summed E-state index contributed by atoms with van der Waals surface area (Å²) in [6.45, 7) is 1.09. The number of pyridine rings is 1. The minimum absolute atomic E-state index is 0.182. The lowest BCUT2D eigenvalue weighted by Crippen LogP contribution is -2.24. The van der Waals surface area contributed by atoms with Crippen molar-refractivity contribution in [3.05, 3.63) is 80.8 Å². The summed E-state index contributed by atoms with van der Waals surface area (Å²) in [4.78, 5) is 39.0. The number of primary amides is 1. The number of nitrogens with two attached hydrogens (primary N) is 1. The number of aromatic nitrogens is 1. The molecule has 0 bridgehead atoms. The summed E-state index contributed by atoms with van der Waals surface area (Å²) in [5.41, 5.74) is 7.14. The summed E-state index contributed by atoms with van der Waals surface area (Å²) in [5.74, 6) is -1.32. The molecule has 0 aliphatic carbocycles. The third-order valence-corrected chi connectivity index (χ3v) is 6.25. The first-order chi connectivity index (χ1) is 17.8. The Labute approximate surface area is 212 Å². The Kier molecular flexibility index (Phi) is 7.66. The number of ether oxygens (including phenoxy) is 4. The molecule has 0 fully saturated rings. The van der Waals surface area contributed by atoms with Gasteiger partial charge in [-0.1, -0.05) is 18.2 Å². The van der Waals surface area contributed by atoms with Crippen LogP contribution in [0.1, 0.15) is 45.0 Å². The van der Waals surface area contributed by atoms with Gasteiger partial charge in [-0.05, 0) is 34.9 Å². The molecule has 0 radical (unpaired) electrons. The van der Waals surface area contributed by atoms with E-state index < -0.39 is 29.1 Å². The second-order valence-electron chi connectivity index (χ2n) is 8.56. The van der Waals surface area contributed by atoms with Crippen molar-refractivity contribution in [3.63, 3.8) is 0 Å². The normalized spacial score (nSPS) is 12.8. The maximum atomic E-state index is 12.7. The minimum Gasteiger partial charge on any atom is -0.506 e. The summed E-state index contributed by atoms with van der Waals surface area (Å²) in [6.07, 6.45) is 2.32. The number of methoxy groups -OCH3 is 2. The van der Waals surface area contributed by atoms with Gasteiger partial charge in [0.2, 0.25) is 5.91 Å². The van der Waals surface area contributed by atoms with Gasteiger partial charge in [0.1, 0.15) is 17.1 Å². The van der Waals surface area contributed by atoms with E-state index in [2.05, 4.69) is 15.8 Å². The highest BCUT2D eigenvalue weighted by Gasteiger charge is 2.28. The highest BCUT2D eigenvalue weighted by molar-refractivity contribution is 5.92. The molecule has 10 nitrogen and oxygen atoms in total. The Bertz CT molecular complexity index is 1380. The molecule has 0 saturated heterocycles. The number of H-pyrrole nitrogens is 1. The molecule has 1 aromatic heterocycles. The molecule has 0 spiro atoms. The van der Waals surface area contributed by atoms with Crippen molar-refractivity contribution in [2.45, 2.75) is 25.2 Å². The number of aromatic amines is 1. The molecule has 2 heterocycles. The summed E-state index contributed by atoms with van der Waals surface area (Å²) >= 11 is 0. The lowest BCUT2D eigenvalue weighted by molar-refractivity contribution is -0.118. The zero-order chi connectivity index (χ0) is 26.5. The fourth-order valence-corrected chi connectivity index (χ4v) is 4.41. The molecule has 194 valence electrons. The first kappa shape index (κ1) is 25.6. The topological polar surface area (TPSA) is 150 Å². The van der Waals surface area contributed by atoms with Crippen molar-refractivity contribution in [1.29, 1.82) is 0 Å². The number of benzene rings is 2. The predicted octanol–water partition coefficient (Wildman–Crippen LogP) is 2.44.